The first-order valence-electron chi connectivity index (χ1n) is 8.56. The Morgan fingerprint density at radius 2 is 2.08 bits per heavy atom. The van der Waals surface area contributed by atoms with Crippen LogP contribution in [0.1, 0.15) is 40.9 Å². The van der Waals surface area contributed by atoms with E-state index in [0.29, 0.717) is 18.7 Å². The van der Waals surface area contributed by atoms with Crippen LogP contribution in [-0.4, -0.2) is 45.4 Å². The highest BCUT2D eigenvalue weighted by molar-refractivity contribution is 5.94. The number of hydrogen-bond donors (Lipinski definition) is 1. The smallest absolute Gasteiger partial charge is 0.257 e. The Bertz CT molecular complexity index is 696. The highest BCUT2D eigenvalue weighted by Crippen LogP contribution is 2.26. The van der Waals surface area contributed by atoms with E-state index in [0.717, 1.165) is 30.5 Å². The van der Waals surface area contributed by atoms with E-state index in [-0.39, 0.29) is 17.9 Å². The average molecular weight is 327 g/mol. The topological polar surface area (TPSA) is 58.4 Å². The SMILES string of the molecule is Cc1c(C(=O)N(C)CC2CCCC2O)cnn1Cc1ccccc1. The minimum atomic E-state index is -0.276. The summed E-state index contributed by atoms with van der Waals surface area (Å²) in [6.45, 7) is 3.19. The molecule has 2 unspecified atom stereocenters. The zero-order valence-corrected chi connectivity index (χ0v) is 14.4. The minimum absolute atomic E-state index is 0.0223. The normalized spacial score (nSPS) is 20.3. The molecule has 1 aliphatic carbocycles. The third-order valence-corrected chi connectivity index (χ3v) is 4.98. The molecule has 0 bridgehead atoms. The summed E-state index contributed by atoms with van der Waals surface area (Å²) in [5, 5.41) is 14.3. The molecule has 1 fully saturated rings. The predicted molar refractivity (Wildman–Crippen MR) is 92.8 cm³/mol. The van der Waals surface area contributed by atoms with Gasteiger partial charge in [0.1, 0.15) is 0 Å². The van der Waals surface area contributed by atoms with Gasteiger partial charge in [-0.1, -0.05) is 36.8 Å². The molecule has 2 atom stereocenters. The van der Waals surface area contributed by atoms with Crippen molar-refractivity contribution in [1.29, 1.82) is 0 Å². The van der Waals surface area contributed by atoms with Gasteiger partial charge in [-0.05, 0) is 25.3 Å². The fourth-order valence-electron chi connectivity index (χ4n) is 3.44. The molecule has 5 nitrogen and oxygen atoms in total. The number of aliphatic hydroxyl groups is 1. The lowest BCUT2D eigenvalue weighted by Gasteiger charge is -2.23. The number of amides is 1. The van der Waals surface area contributed by atoms with Gasteiger partial charge in [-0.25, -0.2) is 0 Å². The van der Waals surface area contributed by atoms with Crippen LogP contribution >= 0.6 is 0 Å². The zero-order valence-electron chi connectivity index (χ0n) is 14.4. The Labute approximate surface area is 142 Å². The third kappa shape index (κ3) is 3.51. The Kier molecular flexibility index (Phi) is 5.00. The highest BCUT2D eigenvalue weighted by Gasteiger charge is 2.28. The molecule has 3 rings (SSSR count). The lowest BCUT2D eigenvalue weighted by atomic mass is 10.1. The second-order valence-corrected chi connectivity index (χ2v) is 6.73. The van der Waals surface area contributed by atoms with E-state index < -0.39 is 0 Å². The van der Waals surface area contributed by atoms with Crippen LogP contribution in [0.25, 0.3) is 0 Å². The van der Waals surface area contributed by atoms with Crippen molar-refractivity contribution in [1.82, 2.24) is 14.7 Å². The summed E-state index contributed by atoms with van der Waals surface area (Å²) >= 11 is 0. The molecule has 0 saturated heterocycles. The summed E-state index contributed by atoms with van der Waals surface area (Å²) < 4.78 is 1.86. The van der Waals surface area contributed by atoms with Crippen LogP contribution in [0.4, 0.5) is 0 Å². The van der Waals surface area contributed by atoms with E-state index >= 15 is 0 Å². The molecule has 1 aromatic carbocycles. The first-order chi connectivity index (χ1) is 11.6. The molecule has 5 heteroatoms. The van der Waals surface area contributed by atoms with Crippen LogP contribution in [-0.2, 0) is 6.54 Å². The van der Waals surface area contributed by atoms with E-state index in [1.807, 2.05) is 29.8 Å². The first-order valence-corrected chi connectivity index (χ1v) is 8.56. The van der Waals surface area contributed by atoms with Crippen molar-refractivity contribution in [3.05, 3.63) is 53.3 Å². The highest BCUT2D eigenvalue weighted by atomic mass is 16.3. The Balaban J connectivity index is 1.69. The fraction of sp³-hybridized carbons (Fsp3) is 0.474. The van der Waals surface area contributed by atoms with Crippen LogP contribution < -0.4 is 0 Å². The maximum atomic E-state index is 12.7. The summed E-state index contributed by atoms with van der Waals surface area (Å²) in [4.78, 5) is 14.4. The minimum Gasteiger partial charge on any atom is -0.393 e. The molecular weight excluding hydrogens is 302 g/mol. The molecule has 1 heterocycles. The molecular formula is C19H25N3O2. The number of aromatic nitrogens is 2. The molecule has 0 radical (unpaired) electrons. The number of benzene rings is 1. The maximum absolute atomic E-state index is 12.7. The first kappa shape index (κ1) is 16.7. The number of hydrogen-bond acceptors (Lipinski definition) is 3. The van der Waals surface area contributed by atoms with Gasteiger partial charge in [0.2, 0.25) is 0 Å². The van der Waals surface area contributed by atoms with Crippen LogP contribution in [0.3, 0.4) is 0 Å². The van der Waals surface area contributed by atoms with Crippen LogP contribution in [0.2, 0.25) is 0 Å². The van der Waals surface area contributed by atoms with Gasteiger partial charge >= 0.3 is 0 Å². The van der Waals surface area contributed by atoms with Gasteiger partial charge in [-0.15, -0.1) is 0 Å². The second-order valence-electron chi connectivity index (χ2n) is 6.73. The van der Waals surface area contributed by atoms with Gasteiger partial charge in [0.15, 0.2) is 0 Å². The molecule has 1 saturated carbocycles. The lowest BCUT2D eigenvalue weighted by Crippen LogP contribution is -2.34. The van der Waals surface area contributed by atoms with E-state index in [4.69, 9.17) is 0 Å². The van der Waals surface area contributed by atoms with Crippen molar-refractivity contribution in [2.24, 2.45) is 5.92 Å². The van der Waals surface area contributed by atoms with E-state index in [1.54, 1.807) is 18.1 Å². The van der Waals surface area contributed by atoms with E-state index in [2.05, 4.69) is 17.2 Å². The maximum Gasteiger partial charge on any atom is 0.257 e. The van der Waals surface area contributed by atoms with Gasteiger partial charge in [0.25, 0.3) is 5.91 Å². The quantitative estimate of drug-likeness (QED) is 0.918. The largest absolute Gasteiger partial charge is 0.393 e. The van der Waals surface area contributed by atoms with Crippen molar-refractivity contribution in [3.8, 4) is 0 Å². The van der Waals surface area contributed by atoms with Gasteiger partial charge in [-0.3, -0.25) is 9.48 Å². The molecule has 1 aliphatic rings. The molecule has 2 aromatic rings. The number of nitrogens with zero attached hydrogens (tertiary/aromatic N) is 3. The summed E-state index contributed by atoms with van der Waals surface area (Å²) in [5.74, 6) is 0.171. The molecule has 1 amide bonds. The van der Waals surface area contributed by atoms with Crippen molar-refractivity contribution >= 4 is 5.91 Å². The summed E-state index contributed by atoms with van der Waals surface area (Å²) in [7, 11) is 1.81. The Morgan fingerprint density at radius 1 is 1.33 bits per heavy atom. The number of rotatable bonds is 5. The van der Waals surface area contributed by atoms with Crippen molar-refractivity contribution in [3.63, 3.8) is 0 Å². The summed E-state index contributed by atoms with van der Waals surface area (Å²) in [6.07, 6.45) is 4.26. The molecule has 0 spiro atoms. The Morgan fingerprint density at radius 3 is 2.75 bits per heavy atom. The van der Waals surface area contributed by atoms with Gasteiger partial charge in [0, 0.05) is 25.2 Å². The standard InChI is InChI=1S/C19H25N3O2/c1-14-17(11-20-22(14)12-15-7-4-3-5-8-15)19(24)21(2)13-16-9-6-10-18(16)23/h3-5,7-8,11,16,18,23H,6,9-10,12-13H2,1-2H3. The number of aliphatic hydroxyl groups excluding tert-OH is 1. The summed E-state index contributed by atoms with van der Waals surface area (Å²) in [5.41, 5.74) is 2.67. The summed E-state index contributed by atoms with van der Waals surface area (Å²) in [6, 6.07) is 10.1. The predicted octanol–water partition coefficient (Wildman–Crippen LogP) is 2.47. The number of carbonyl (C=O) groups is 1. The van der Waals surface area contributed by atoms with Crippen molar-refractivity contribution in [2.45, 2.75) is 38.8 Å². The fourth-order valence-corrected chi connectivity index (χ4v) is 3.44. The Hall–Kier alpha value is -2.14. The molecule has 24 heavy (non-hydrogen) atoms. The van der Waals surface area contributed by atoms with E-state index in [9.17, 15) is 9.90 Å². The second kappa shape index (κ2) is 7.18. The van der Waals surface area contributed by atoms with Crippen LogP contribution in [0.15, 0.2) is 36.5 Å². The molecule has 0 aliphatic heterocycles. The van der Waals surface area contributed by atoms with Crippen molar-refractivity contribution in [2.75, 3.05) is 13.6 Å². The number of carbonyl (C=O) groups excluding carboxylic acids is 1. The van der Waals surface area contributed by atoms with Crippen LogP contribution in [0.5, 0.6) is 0 Å². The van der Waals surface area contributed by atoms with Gasteiger partial charge in [-0.2, -0.15) is 5.10 Å². The molecule has 1 N–H and O–H groups in total. The van der Waals surface area contributed by atoms with Crippen molar-refractivity contribution < 1.29 is 9.90 Å². The lowest BCUT2D eigenvalue weighted by molar-refractivity contribution is 0.0693. The molecule has 1 aromatic heterocycles. The average Bonchev–Trinajstić information content (AvgIpc) is 3.14. The van der Waals surface area contributed by atoms with Gasteiger partial charge < -0.3 is 10.0 Å². The molecule has 128 valence electrons. The van der Waals surface area contributed by atoms with Gasteiger partial charge in [0.05, 0.1) is 24.4 Å². The third-order valence-electron chi connectivity index (χ3n) is 4.98. The van der Waals surface area contributed by atoms with E-state index in [1.165, 1.54) is 0 Å². The zero-order chi connectivity index (χ0) is 17.1. The van der Waals surface area contributed by atoms with Crippen LogP contribution in [0, 0.1) is 12.8 Å². The monoisotopic (exact) mass is 327 g/mol.